The van der Waals surface area contributed by atoms with Crippen molar-refractivity contribution in [2.75, 3.05) is 20.1 Å². The molecule has 1 aliphatic heterocycles. The van der Waals surface area contributed by atoms with E-state index in [2.05, 4.69) is 19.8 Å². The Labute approximate surface area is 123 Å². The summed E-state index contributed by atoms with van der Waals surface area (Å²) in [6, 6.07) is 2.99. The van der Waals surface area contributed by atoms with Crippen LogP contribution in [0, 0.1) is 0 Å². The molecule has 1 aromatic rings. The van der Waals surface area contributed by atoms with Crippen LogP contribution in [0.5, 0.6) is 0 Å². The van der Waals surface area contributed by atoms with Gasteiger partial charge < -0.3 is 15.8 Å². The first-order valence-electron chi connectivity index (χ1n) is 6.50. The number of nitrogens with one attached hydrogen (secondary N) is 1. The molecule has 1 fully saturated rings. The lowest BCUT2D eigenvalue weighted by molar-refractivity contribution is 0.213. The molecule has 0 saturated carbocycles. The van der Waals surface area contributed by atoms with Gasteiger partial charge in [-0.1, -0.05) is 5.16 Å². The minimum atomic E-state index is -3.79. The van der Waals surface area contributed by atoms with E-state index in [1.807, 2.05) is 7.05 Å². The predicted octanol–water partition coefficient (Wildman–Crippen LogP) is -0.429. The van der Waals surface area contributed by atoms with Gasteiger partial charge in [-0.25, -0.2) is 8.42 Å². The number of nitrogens with two attached hydrogens (primary N) is 1. The van der Waals surface area contributed by atoms with Gasteiger partial charge in [-0.2, -0.15) is 4.72 Å². The van der Waals surface area contributed by atoms with Crippen LogP contribution in [0.15, 0.2) is 34.6 Å². The van der Waals surface area contributed by atoms with Crippen LogP contribution in [-0.2, 0) is 10.0 Å². The molecular formula is C12H19N5O3S. The molecular weight excluding hydrogens is 294 g/mol. The first-order valence-corrected chi connectivity index (χ1v) is 7.98. The second kappa shape index (κ2) is 5.96. The maximum atomic E-state index is 12.5. The van der Waals surface area contributed by atoms with Crippen LogP contribution in [0.3, 0.4) is 0 Å². The van der Waals surface area contributed by atoms with Gasteiger partial charge in [-0.3, -0.25) is 4.98 Å². The monoisotopic (exact) mass is 313 g/mol. The number of oxime groups is 1. The summed E-state index contributed by atoms with van der Waals surface area (Å²) in [6.45, 7) is 1.29. The molecule has 21 heavy (non-hydrogen) atoms. The van der Waals surface area contributed by atoms with E-state index in [0.717, 1.165) is 0 Å². The van der Waals surface area contributed by atoms with Gasteiger partial charge in [-0.15, -0.1) is 0 Å². The molecule has 2 rings (SSSR count). The Morgan fingerprint density at radius 2 is 2.19 bits per heavy atom. The predicted molar refractivity (Wildman–Crippen MR) is 77.4 cm³/mol. The maximum Gasteiger partial charge on any atom is 0.243 e. The van der Waals surface area contributed by atoms with Gasteiger partial charge >= 0.3 is 0 Å². The Hall–Kier alpha value is -1.71. The van der Waals surface area contributed by atoms with Crippen molar-refractivity contribution in [1.82, 2.24) is 14.6 Å². The van der Waals surface area contributed by atoms with Crippen molar-refractivity contribution >= 4 is 15.9 Å². The zero-order valence-corrected chi connectivity index (χ0v) is 12.5. The Kier molecular flexibility index (Phi) is 4.45. The first-order chi connectivity index (χ1) is 9.89. The molecule has 0 atom stereocenters. The molecule has 1 aliphatic rings. The molecule has 0 aromatic carbocycles. The number of rotatable bonds is 4. The van der Waals surface area contributed by atoms with E-state index in [9.17, 15) is 8.42 Å². The lowest BCUT2D eigenvalue weighted by atomic mass is 9.88. The number of piperidine rings is 1. The maximum absolute atomic E-state index is 12.5. The number of amidine groups is 1. The SMILES string of the molecule is CN1CCC(NS(=O)(=O)c2cccnc2)(/C(N)=N/O)CC1. The molecule has 0 spiro atoms. The van der Waals surface area contributed by atoms with Crippen molar-refractivity contribution in [2.24, 2.45) is 10.9 Å². The molecule has 116 valence electrons. The Morgan fingerprint density at radius 3 is 2.71 bits per heavy atom. The number of likely N-dealkylation sites (tertiary alicyclic amines) is 1. The van der Waals surface area contributed by atoms with Crippen LogP contribution in [0.4, 0.5) is 0 Å². The molecule has 0 aliphatic carbocycles. The third-order valence-corrected chi connectivity index (χ3v) is 5.23. The minimum absolute atomic E-state index is 0.0500. The first kappa shape index (κ1) is 15.7. The number of pyridine rings is 1. The smallest absolute Gasteiger partial charge is 0.243 e. The number of hydrogen-bond acceptors (Lipinski definition) is 6. The van der Waals surface area contributed by atoms with E-state index in [1.54, 1.807) is 6.07 Å². The van der Waals surface area contributed by atoms with Crippen LogP contribution in [0.2, 0.25) is 0 Å². The highest BCUT2D eigenvalue weighted by atomic mass is 32.2. The van der Waals surface area contributed by atoms with Crippen molar-refractivity contribution in [3.05, 3.63) is 24.5 Å². The molecule has 1 aromatic heterocycles. The summed E-state index contributed by atoms with van der Waals surface area (Å²) in [5.41, 5.74) is 4.68. The summed E-state index contributed by atoms with van der Waals surface area (Å²) in [5, 5.41) is 12.0. The van der Waals surface area contributed by atoms with E-state index in [1.165, 1.54) is 18.5 Å². The Bertz CT molecular complexity index is 609. The van der Waals surface area contributed by atoms with Gasteiger partial charge in [0.1, 0.15) is 4.90 Å². The highest BCUT2D eigenvalue weighted by molar-refractivity contribution is 7.89. The number of sulfonamides is 1. The summed E-state index contributed by atoms with van der Waals surface area (Å²) in [5.74, 6) is -0.122. The second-order valence-electron chi connectivity index (χ2n) is 5.16. The highest BCUT2D eigenvalue weighted by Crippen LogP contribution is 2.24. The summed E-state index contributed by atoms with van der Waals surface area (Å²) < 4.78 is 27.5. The zero-order valence-electron chi connectivity index (χ0n) is 11.7. The molecule has 9 heteroatoms. The third kappa shape index (κ3) is 3.31. The average Bonchev–Trinajstić information content (AvgIpc) is 2.49. The molecule has 1 saturated heterocycles. The highest BCUT2D eigenvalue weighted by Gasteiger charge is 2.41. The molecule has 0 bridgehead atoms. The van der Waals surface area contributed by atoms with Crippen LogP contribution < -0.4 is 10.5 Å². The molecule has 0 radical (unpaired) electrons. The van der Waals surface area contributed by atoms with Crippen LogP contribution in [0.25, 0.3) is 0 Å². The lowest BCUT2D eigenvalue weighted by Gasteiger charge is -2.39. The Balaban J connectivity index is 2.32. The van der Waals surface area contributed by atoms with Gasteiger partial charge in [-0.05, 0) is 32.0 Å². The van der Waals surface area contributed by atoms with E-state index in [0.29, 0.717) is 25.9 Å². The van der Waals surface area contributed by atoms with Gasteiger partial charge in [0, 0.05) is 25.5 Å². The van der Waals surface area contributed by atoms with E-state index in [-0.39, 0.29) is 10.7 Å². The van der Waals surface area contributed by atoms with Crippen molar-refractivity contribution in [3.8, 4) is 0 Å². The average molecular weight is 313 g/mol. The fourth-order valence-electron chi connectivity index (χ4n) is 2.33. The fraction of sp³-hybridized carbons (Fsp3) is 0.500. The number of aromatic nitrogens is 1. The summed E-state index contributed by atoms with van der Waals surface area (Å²) in [4.78, 5) is 5.91. The van der Waals surface area contributed by atoms with Gasteiger partial charge in [0.15, 0.2) is 5.84 Å². The zero-order chi connectivity index (χ0) is 15.5. The third-order valence-electron chi connectivity index (χ3n) is 3.71. The van der Waals surface area contributed by atoms with E-state index < -0.39 is 15.6 Å². The van der Waals surface area contributed by atoms with Gasteiger partial charge in [0.05, 0.1) is 5.54 Å². The van der Waals surface area contributed by atoms with Crippen LogP contribution in [-0.4, -0.2) is 55.0 Å². The molecule has 2 heterocycles. The quantitative estimate of drug-likeness (QED) is 0.300. The largest absolute Gasteiger partial charge is 0.409 e. The lowest BCUT2D eigenvalue weighted by Crippen LogP contribution is -2.61. The normalized spacial score (nSPS) is 20.3. The van der Waals surface area contributed by atoms with Gasteiger partial charge in [0.25, 0.3) is 0 Å². The van der Waals surface area contributed by atoms with Gasteiger partial charge in [0.2, 0.25) is 10.0 Å². The molecule has 0 amide bonds. The van der Waals surface area contributed by atoms with Crippen molar-refractivity contribution in [2.45, 2.75) is 23.3 Å². The fourth-order valence-corrected chi connectivity index (χ4v) is 3.73. The van der Waals surface area contributed by atoms with E-state index in [4.69, 9.17) is 10.9 Å². The van der Waals surface area contributed by atoms with Crippen molar-refractivity contribution in [1.29, 1.82) is 0 Å². The summed E-state index contributed by atoms with van der Waals surface area (Å²) in [7, 11) is -1.86. The topological polar surface area (TPSA) is 121 Å². The number of hydrogen-bond donors (Lipinski definition) is 3. The summed E-state index contributed by atoms with van der Waals surface area (Å²) in [6.07, 6.45) is 3.61. The number of nitrogens with zero attached hydrogens (tertiary/aromatic N) is 3. The standard InChI is InChI=1S/C12H19N5O3S/c1-17-7-4-12(5-8-17,11(13)15-18)16-21(19,20)10-3-2-6-14-9-10/h2-3,6,9,16,18H,4-5,7-8H2,1H3,(H2,13,15). The van der Waals surface area contributed by atoms with Crippen LogP contribution in [0.1, 0.15) is 12.8 Å². The summed E-state index contributed by atoms with van der Waals surface area (Å²) >= 11 is 0. The minimum Gasteiger partial charge on any atom is -0.409 e. The second-order valence-corrected chi connectivity index (χ2v) is 6.85. The van der Waals surface area contributed by atoms with Crippen LogP contribution >= 0.6 is 0 Å². The molecule has 8 nitrogen and oxygen atoms in total. The van der Waals surface area contributed by atoms with E-state index >= 15 is 0 Å². The van der Waals surface area contributed by atoms with Crippen molar-refractivity contribution in [3.63, 3.8) is 0 Å². The Morgan fingerprint density at radius 1 is 1.52 bits per heavy atom. The molecule has 4 N–H and O–H groups in total. The molecule has 0 unspecified atom stereocenters. The van der Waals surface area contributed by atoms with Crippen molar-refractivity contribution < 1.29 is 13.6 Å².